The predicted molar refractivity (Wildman–Crippen MR) is 68.4 cm³/mol. The van der Waals surface area contributed by atoms with Gasteiger partial charge in [0.1, 0.15) is 23.3 Å². The normalized spacial score (nSPS) is 10.4. The number of rotatable bonds is 2. The third kappa shape index (κ3) is 3.16. The molecule has 0 aromatic heterocycles. The van der Waals surface area contributed by atoms with Crippen LogP contribution in [0.25, 0.3) is 0 Å². The Balaban J connectivity index is 2.30. The van der Waals surface area contributed by atoms with Gasteiger partial charge in [-0.25, -0.2) is 17.6 Å². The van der Waals surface area contributed by atoms with Crippen LogP contribution in [0.5, 0.6) is 0 Å². The molecular weight excluding hydrogens is 342 g/mol. The standard InChI is InChI=1S/C13H6BrF4NO/c14-9-4-11(18)12(5-10(9)17)19-13(20)6-1-7(15)3-8(16)2-6/h1-5H,(H,19,20). The van der Waals surface area contributed by atoms with Crippen molar-refractivity contribution in [2.75, 3.05) is 5.32 Å². The number of hydrogen-bond donors (Lipinski definition) is 1. The first kappa shape index (κ1) is 14.5. The van der Waals surface area contributed by atoms with Gasteiger partial charge in [-0.1, -0.05) is 0 Å². The summed E-state index contributed by atoms with van der Waals surface area (Å²) in [6.45, 7) is 0. The van der Waals surface area contributed by atoms with Gasteiger partial charge >= 0.3 is 0 Å². The van der Waals surface area contributed by atoms with Crippen molar-refractivity contribution in [1.29, 1.82) is 0 Å². The van der Waals surface area contributed by atoms with Crippen molar-refractivity contribution in [3.8, 4) is 0 Å². The summed E-state index contributed by atoms with van der Waals surface area (Å²) in [6.07, 6.45) is 0. The first-order chi connectivity index (χ1) is 9.36. The Morgan fingerprint density at radius 2 is 1.50 bits per heavy atom. The van der Waals surface area contributed by atoms with Crippen LogP contribution in [0.2, 0.25) is 0 Å². The van der Waals surface area contributed by atoms with Gasteiger partial charge in [-0.2, -0.15) is 0 Å². The maximum absolute atomic E-state index is 13.5. The lowest BCUT2D eigenvalue weighted by atomic mass is 10.2. The summed E-state index contributed by atoms with van der Waals surface area (Å²) in [7, 11) is 0. The predicted octanol–water partition coefficient (Wildman–Crippen LogP) is 4.26. The molecule has 0 saturated carbocycles. The van der Waals surface area contributed by atoms with E-state index in [1.165, 1.54) is 0 Å². The van der Waals surface area contributed by atoms with E-state index in [0.29, 0.717) is 6.07 Å². The smallest absolute Gasteiger partial charge is 0.255 e. The zero-order valence-electron chi connectivity index (χ0n) is 9.68. The highest BCUT2D eigenvalue weighted by molar-refractivity contribution is 9.10. The van der Waals surface area contributed by atoms with Gasteiger partial charge in [-0.05, 0) is 34.1 Å². The van der Waals surface area contributed by atoms with Crippen molar-refractivity contribution in [3.63, 3.8) is 0 Å². The number of hydrogen-bond acceptors (Lipinski definition) is 1. The number of carbonyl (C=O) groups is 1. The Morgan fingerprint density at radius 3 is 2.10 bits per heavy atom. The second-order valence-electron chi connectivity index (χ2n) is 3.86. The minimum absolute atomic E-state index is 0.107. The van der Waals surface area contributed by atoms with Crippen molar-refractivity contribution >= 4 is 27.5 Å². The van der Waals surface area contributed by atoms with Gasteiger partial charge in [0.25, 0.3) is 5.91 Å². The van der Waals surface area contributed by atoms with Gasteiger partial charge in [0.05, 0.1) is 10.2 Å². The van der Waals surface area contributed by atoms with Crippen LogP contribution in [0.1, 0.15) is 10.4 Å². The highest BCUT2D eigenvalue weighted by atomic mass is 79.9. The lowest BCUT2D eigenvalue weighted by Crippen LogP contribution is -2.14. The molecule has 2 aromatic rings. The van der Waals surface area contributed by atoms with Gasteiger partial charge < -0.3 is 5.32 Å². The number of halogens is 5. The van der Waals surface area contributed by atoms with E-state index in [-0.39, 0.29) is 10.0 Å². The van der Waals surface area contributed by atoms with Crippen molar-refractivity contribution in [3.05, 3.63) is 63.6 Å². The lowest BCUT2D eigenvalue weighted by molar-refractivity contribution is 0.102. The second kappa shape index (κ2) is 5.62. The van der Waals surface area contributed by atoms with Crippen LogP contribution >= 0.6 is 15.9 Å². The maximum Gasteiger partial charge on any atom is 0.255 e. The molecule has 1 N–H and O–H groups in total. The Bertz CT molecular complexity index is 670. The van der Waals surface area contributed by atoms with E-state index >= 15 is 0 Å². The fourth-order valence-corrected chi connectivity index (χ4v) is 1.81. The number of amides is 1. The van der Waals surface area contributed by atoms with E-state index in [2.05, 4.69) is 15.9 Å². The Morgan fingerprint density at radius 1 is 0.900 bits per heavy atom. The number of carbonyl (C=O) groups excluding carboxylic acids is 1. The van der Waals surface area contributed by atoms with E-state index in [4.69, 9.17) is 0 Å². The number of nitrogens with one attached hydrogen (secondary N) is 1. The Kier molecular flexibility index (Phi) is 4.08. The maximum atomic E-state index is 13.5. The Hall–Kier alpha value is -1.89. The molecule has 0 aliphatic heterocycles. The van der Waals surface area contributed by atoms with E-state index < -0.39 is 34.9 Å². The van der Waals surface area contributed by atoms with Crippen LogP contribution < -0.4 is 5.32 Å². The molecule has 0 unspecified atom stereocenters. The topological polar surface area (TPSA) is 29.1 Å². The molecule has 104 valence electrons. The van der Waals surface area contributed by atoms with Gasteiger partial charge in [0.15, 0.2) is 0 Å². The molecule has 2 aromatic carbocycles. The fraction of sp³-hybridized carbons (Fsp3) is 0. The van der Waals surface area contributed by atoms with Gasteiger partial charge in [-0.15, -0.1) is 0 Å². The third-order valence-electron chi connectivity index (χ3n) is 2.38. The van der Waals surface area contributed by atoms with E-state index in [1.807, 2.05) is 5.32 Å². The summed E-state index contributed by atoms with van der Waals surface area (Å²) < 4.78 is 52.6. The average molecular weight is 348 g/mol. The van der Waals surface area contributed by atoms with Crippen LogP contribution in [-0.4, -0.2) is 5.91 Å². The molecular formula is C13H6BrF4NO. The van der Waals surface area contributed by atoms with Gasteiger partial charge in [0, 0.05) is 17.7 Å². The Labute approximate surface area is 119 Å². The van der Waals surface area contributed by atoms with Crippen LogP contribution in [0.3, 0.4) is 0 Å². The van der Waals surface area contributed by atoms with Crippen LogP contribution in [-0.2, 0) is 0 Å². The minimum Gasteiger partial charge on any atom is -0.319 e. The van der Waals surface area contributed by atoms with Gasteiger partial charge in [-0.3, -0.25) is 4.79 Å². The van der Waals surface area contributed by atoms with Crippen molar-refractivity contribution in [1.82, 2.24) is 0 Å². The molecule has 0 radical (unpaired) electrons. The third-order valence-corrected chi connectivity index (χ3v) is 2.99. The summed E-state index contributed by atoms with van der Waals surface area (Å²) >= 11 is 2.78. The minimum atomic E-state index is -0.955. The van der Waals surface area contributed by atoms with E-state index in [1.54, 1.807) is 0 Å². The number of anilines is 1. The van der Waals surface area contributed by atoms with E-state index in [9.17, 15) is 22.4 Å². The number of benzene rings is 2. The zero-order valence-corrected chi connectivity index (χ0v) is 11.3. The summed E-state index contributed by atoms with van der Waals surface area (Å²) in [5.41, 5.74) is -0.773. The molecule has 0 atom stereocenters. The monoisotopic (exact) mass is 347 g/mol. The summed E-state index contributed by atoms with van der Waals surface area (Å²) in [6, 6.07) is 3.75. The summed E-state index contributed by atoms with van der Waals surface area (Å²) in [4.78, 5) is 11.7. The first-order valence-electron chi connectivity index (χ1n) is 5.29. The van der Waals surface area contributed by atoms with E-state index in [0.717, 1.165) is 24.3 Å². The molecule has 0 heterocycles. The lowest BCUT2D eigenvalue weighted by Gasteiger charge is -2.08. The molecule has 0 fully saturated rings. The fourth-order valence-electron chi connectivity index (χ4n) is 1.50. The van der Waals surface area contributed by atoms with Crippen molar-refractivity contribution in [2.24, 2.45) is 0 Å². The largest absolute Gasteiger partial charge is 0.319 e. The first-order valence-corrected chi connectivity index (χ1v) is 6.08. The molecule has 20 heavy (non-hydrogen) atoms. The quantitative estimate of drug-likeness (QED) is 0.638. The van der Waals surface area contributed by atoms with Crippen LogP contribution in [0.15, 0.2) is 34.8 Å². The van der Waals surface area contributed by atoms with Crippen LogP contribution in [0, 0.1) is 23.3 Å². The molecule has 0 saturated heterocycles. The molecule has 0 aliphatic rings. The molecule has 7 heteroatoms. The van der Waals surface area contributed by atoms with Crippen molar-refractivity contribution < 1.29 is 22.4 Å². The van der Waals surface area contributed by atoms with Crippen molar-refractivity contribution in [2.45, 2.75) is 0 Å². The molecule has 0 bridgehead atoms. The summed E-state index contributed by atoms with van der Waals surface area (Å²) in [5, 5.41) is 2.04. The summed E-state index contributed by atoms with van der Waals surface area (Å²) in [5.74, 6) is -4.52. The highest BCUT2D eigenvalue weighted by Gasteiger charge is 2.14. The molecule has 2 rings (SSSR count). The molecule has 0 spiro atoms. The zero-order chi connectivity index (χ0) is 14.9. The van der Waals surface area contributed by atoms with Crippen LogP contribution in [0.4, 0.5) is 23.2 Å². The van der Waals surface area contributed by atoms with Gasteiger partial charge in [0.2, 0.25) is 0 Å². The SMILES string of the molecule is O=C(Nc1cc(F)c(Br)cc1F)c1cc(F)cc(F)c1. The molecule has 2 nitrogen and oxygen atoms in total. The average Bonchev–Trinajstić information content (AvgIpc) is 2.34. The highest BCUT2D eigenvalue weighted by Crippen LogP contribution is 2.24. The molecule has 0 aliphatic carbocycles. The second-order valence-corrected chi connectivity index (χ2v) is 4.71. The molecule has 1 amide bonds.